The highest BCUT2D eigenvalue weighted by molar-refractivity contribution is 6.35. The number of hydrogen-bond donors (Lipinski definition) is 1. The van der Waals surface area contributed by atoms with Crippen molar-refractivity contribution in [2.24, 2.45) is 0 Å². The lowest BCUT2D eigenvalue weighted by atomic mass is 10.1. The number of hydrogen-bond acceptors (Lipinski definition) is 3. The largest absolute Gasteiger partial charge is 0.376 e. The quantitative estimate of drug-likeness (QED) is 0.752. The highest BCUT2D eigenvalue weighted by Crippen LogP contribution is 2.31. The summed E-state index contributed by atoms with van der Waals surface area (Å²) in [4.78, 5) is 14.7. The highest BCUT2D eigenvalue weighted by atomic mass is 35.5. The molecule has 1 fully saturated rings. The maximum atomic E-state index is 14.3. The molecule has 1 amide bonds. The molecule has 4 nitrogen and oxygen atoms in total. The van der Waals surface area contributed by atoms with E-state index in [2.05, 4.69) is 10.2 Å². The van der Waals surface area contributed by atoms with Crippen molar-refractivity contribution in [3.8, 4) is 0 Å². The van der Waals surface area contributed by atoms with Crippen LogP contribution in [0.2, 0.25) is 10.0 Å². The Morgan fingerprint density at radius 2 is 1.85 bits per heavy atom. The molecule has 7 heteroatoms. The maximum absolute atomic E-state index is 14.3. The number of carbonyl (C=O) groups is 1. The van der Waals surface area contributed by atoms with E-state index in [0.717, 1.165) is 30.8 Å². The van der Waals surface area contributed by atoms with Gasteiger partial charge in [-0.05, 0) is 42.8 Å². The van der Waals surface area contributed by atoms with Crippen molar-refractivity contribution in [3.05, 3.63) is 57.8 Å². The first-order valence-electron chi connectivity index (χ1n) is 8.43. The molecule has 1 N–H and O–H groups in total. The number of anilines is 2. The normalized spacial score (nSPS) is 15.7. The van der Waals surface area contributed by atoms with Gasteiger partial charge in [0.15, 0.2) is 0 Å². The molecule has 0 bridgehead atoms. The van der Waals surface area contributed by atoms with Crippen molar-refractivity contribution in [1.29, 1.82) is 0 Å². The molecule has 1 aliphatic heterocycles. The third-order valence-corrected chi connectivity index (χ3v) is 5.14. The molecular weight excluding hydrogens is 376 g/mol. The lowest BCUT2D eigenvalue weighted by molar-refractivity contribution is -0.118. The number of piperazine rings is 1. The number of halogens is 3. The molecule has 138 valence electrons. The number of rotatable bonds is 5. The van der Waals surface area contributed by atoms with Gasteiger partial charge in [-0.2, -0.15) is 0 Å². The molecule has 1 aliphatic rings. The van der Waals surface area contributed by atoms with Crippen LogP contribution in [-0.4, -0.2) is 37.5 Å². The van der Waals surface area contributed by atoms with Crippen molar-refractivity contribution < 1.29 is 9.18 Å². The van der Waals surface area contributed by atoms with Crippen LogP contribution in [-0.2, 0) is 4.79 Å². The Kier molecular flexibility index (Phi) is 5.89. The molecule has 2 aromatic carbocycles. The first-order valence-corrected chi connectivity index (χ1v) is 9.19. The monoisotopic (exact) mass is 395 g/mol. The fourth-order valence-electron chi connectivity index (χ4n) is 3.07. The minimum Gasteiger partial charge on any atom is -0.376 e. The van der Waals surface area contributed by atoms with E-state index in [9.17, 15) is 9.18 Å². The molecular formula is C19H20Cl2FN3O. The molecule has 1 atom stereocenters. The first kappa shape index (κ1) is 18.8. The molecule has 1 heterocycles. The Bertz CT molecular complexity index is 794. The SMILES string of the molecule is C[C@@H](Nc1cc(N2CCN(C=O)CC2)ccc1F)c1ccc(Cl)cc1Cl. The van der Waals surface area contributed by atoms with Gasteiger partial charge in [-0.3, -0.25) is 4.79 Å². The van der Waals surface area contributed by atoms with E-state index in [1.807, 2.05) is 13.0 Å². The van der Waals surface area contributed by atoms with Gasteiger partial charge in [0.1, 0.15) is 5.82 Å². The Hall–Kier alpha value is -1.98. The zero-order valence-corrected chi connectivity index (χ0v) is 15.9. The van der Waals surface area contributed by atoms with Crippen LogP contribution < -0.4 is 10.2 Å². The van der Waals surface area contributed by atoms with Crippen LogP contribution in [0.25, 0.3) is 0 Å². The molecule has 0 aliphatic carbocycles. The van der Waals surface area contributed by atoms with E-state index >= 15 is 0 Å². The topological polar surface area (TPSA) is 35.6 Å². The first-order chi connectivity index (χ1) is 12.5. The van der Waals surface area contributed by atoms with E-state index in [4.69, 9.17) is 23.2 Å². The van der Waals surface area contributed by atoms with Gasteiger partial charge in [0.25, 0.3) is 0 Å². The van der Waals surface area contributed by atoms with Crippen molar-refractivity contribution >= 4 is 41.0 Å². The van der Waals surface area contributed by atoms with E-state index in [1.54, 1.807) is 29.2 Å². The second-order valence-electron chi connectivity index (χ2n) is 6.32. The lowest BCUT2D eigenvalue weighted by Crippen LogP contribution is -2.45. The second kappa shape index (κ2) is 8.14. The molecule has 0 spiro atoms. The maximum Gasteiger partial charge on any atom is 0.209 e. The third-order valence-electron chi connectivity index (χ3n) is 4.58. The summed E-state index contributed by atoms with van der Waals surface area (Å²) in [6.45, 7) is 4.70. The number of nitrogens with zero attached hydrogens (tertiary/aromatic N) is 2. The summed E-state index contributed by atoms with van der Waals surface area (Å²) in [5.41, 5.74) is 2.19. The van der Waals surface area contributed by atoms with E-state index in [-0.39, 0.29) is 11.9 Å². The van der Waals surface area contributed by atoms with Gasteiger partial charge in [-0.25, -0.2) is 4.39 Å². The fraction of sp³-hybridized carbons (Fsp3) is 0.316. The zero-order chi connectivity index (χ0) is 18.7. The van der Waals surface area contributed by atoms with Gasteiger partial charge in [-0.1, -0.05) is 29.3 Å². The average molecular weight is 396 g/mol. The highest BCUT2D eigenvalue weighted by Gasteiger charge is 2.18. The van der Waals surface area contributed by atoms with Crippen LogP contribution >= 0.6 is 23.2 Å². The third kappa shape index (κ3) is 4.22. The zero-order valence-electron chi connectivity index (χ0n) is 14.4. The van der Waals surface area contributed by atoms with Crippen LogP contribution in [0.15, 0.2) is 36.4 Å². The molecule has 0 radical (unpaired) electrons. The molecule has 0 unspecified atom stereocenters. The summed E-state index contributed by atoms with van der Waals surface area (Å²) in [7, 11) is 0. The lowest BCUT2D eigenvalue weighted by Gasteiger charge is -2.34. The Morgan fingerprint density at radius 3 is 2.50 bits per heavy atom. The smallest absolute Gasteiger partial charge is 0.209 e. The summed E-state index contributed by atoms with van der Waals surface area (Å²) in [5.74, 6) is -0.322. The number of benzene rings is 2. The second-order valence-corrected chi connectivity index (χ2v) is 7.17. The van der Waals surface area contributed by atoms with Crippen molar-refractivity contribution in [2.75, 3.05) is 36.4 Å². The van der Waals surface area contributed by atoms with E-state index < -0.39 is 0 Å². The summed E-state index contributed by atoms with van der Waals surface area (Å²) in [6.07, 6.45) is 0.868. The van der Waals surface area contributed by atoms with Gasteiger partial charge < -0.3 is 15.1 Å². The number of amides is 1. The van der Waals surface area contributed by atoms with Crippen molar-refractivity contribution in [3.63, 3.8) is 0 Å². The number of nitrogens with one attached hydrogen (secondary N) is 1. The number of carbonyl (C=O) groups excluding carboxylic acids is 1. The summed E-state index contributed by atoms with van der Waals surface area (Å²) < 4.78 is 14.3. The van der Waals surface area contributed by atoms with E-state index in [1.165, 1.54) is 6.07 Å². The van der Waals surface area contributed by atoms with Gasteiger partial charge >= 0.3 is 0 Å². The van der Waals surface area contributed by atoms with Gasteiger partial charge in [0.05, 0.1) is 11.7 Å². The van der Waals surface area contributed by atoms with Crippen LogP contribution in [0.4, 0.5) is 15.8 Å². The Labute approximate surface area is 162 Å². The summed E-state index contributed by atoms with van der Waals surface area (Å²) in [5, 5.41) is 4.29. The molecule has 2 aromatic rings. The molecule has 26 heavy (non-hydrogen) atoms. The van der Waals surface area contributed by atoms with Crippen molar-refractivity contribution in [1.82, 2.24) is 4.90 Å². The molecule has 0 aromatic heterocycles. The summed E-state index contributed by atoms with van der Waals surface area (Å²) in [6, 6.07) is 10.1. The van der Waals surface area contributed by atoms with Crippen LogP contribution in [0, 0.1) is 5.82 Å². The minimum atomic E-state index is -0.322. The van der Waals surface area contributed by atoms with Crippen LogP contribution in [0.5, 0.6) is 0 Å². The molecule has 0 saturated carbocycles. The van der Waals surface area contributed by atoms with E-state index in [0.29, 0.717) is 28.8 Å². The average Bonchev–Trinajstić information content (AvgIpc) is 2.63. The minimum absolute atomic E-state index is 0.184. The van der Waals surface area contributed by atoms with Gasteiger partial charge in [0.2, 0.25) is 6.41 Å². The molecule has 1 saturated heterocycles. The van der Waals surface area contributed by atoms with Crippen molar-refractivity contribution in [2.45, 2.75) is 13.0 Å². The Balaban J connectivity index is 1.76. The standard InChI is InChI=1S/C19H20Cl2FN3O/c1-13(16-4-2-14(20)10-17(16)21)23-19-11-15(3-5-18(19)22)25-8-6-24(12-26)7-9-25/h2-5,10-13,23H,6-9H2,1H3/t13-/m1/s1. The predicted molar refractivity (Wildman–Crippen MR) is 105 cm³/mol. The van der Waals surface area contributed by atoms with Crippen LogP contribution in [0.1, 0.15) is 18.5 Å². The van der Waals surface area contributed by atoms with Gasteiger partial charge in [-0.15, -0.1) is 0 Å². The summed E-state index contributed by atoms with van der Waals surface area (Å²) >= 11 is 12.2. The van der Waals surface area contributed by atoms with Gasteiger partial charge in [0, 0.05) is 41.9 Å². The fourth-order valence-corrected chi connectivity index (χ4v) is 3.64. The van der Waals surface area contributed by atoms with Crippen LogP contribution in [0.3, 0.4) is 0 Å². The Morgan fingerprint density at radius 1 is 1.12 bits per heavy atom. The predicted octanol–water partition coefficient (Wildman–Crippen LogP) is 4.58. The molecule has 3 rings (SSSR count).